The summed E-state index contributed by atoms with van der Waals surface area (Å²) in [6, 6.07) is 7.61. The van der Waals surface area contributed by atoms with Crippen LogP contribution in [-0.4, -0.2) is 35.6 Å². The molecule has 100 valence electrons. The minimum absolute atomic E-state index is 0.0557. The first-order valence-corrected chi connectivity index (χ1v) is 6.41. The lowest BCUT2D eigenvalue weighted by Crippen LogP contribution is -2.51. The van der Waals surface area contributed by atoms with E-state index in [1.807, 2.05) is 24.3 Å². The molecule has 0 aliphatic heterocycles. The Labute approximate surface area is 107 Å². The SMILES string of the molecule is NC(CO)(COc1ccccc1CCO)C1CC1. The number of para-hydroxylation sites is 1. The summed E-state index contributed by atoms with van der Waals surface area (Å²) in [5.74, 6) is 1.11. The summed E-state index contributed by atoms with van der Waals surface area (Å²) in [5, 5.41) is 18.4. The van der Waals surface area contributed by atoms with E-state index >= 15 is 0 Å². The largest absolute Gasteiger partial charge is 0.491 e. The van der Waals surface area contributed by atoms with Crippen molar-refractivity contribution in [2.45, 2.75) is 24.8 Å². The van der Waals surface area contributed by atoms with Crippen molar-refractivity contribution >= 4 is 0 Å². The molecule has 18 heavy (non-hydrogen) atoms. The first-order valence-electron chi connectivity index (χ1n) is 6.41. The summed E-state index contributed by atoms with van der Waals surface area (Å²) in [4.78, 5) is 0. The quantitative estimate of drug-likeness (QED) is 0.667. The minimum Gasteiger partial charge on any atom is -0.491 e. The molecule has 1 aromatic carbocycles. The first kappa shape index (κ1) is 13.3. The zero-order valence-corrected chi connectivity index (χ0v) is 10.5. The van der Waals surface area contributed by atoms with Gasteiger partial charge in [0.05, 0.1) is 12.1 Å². The normalized spacial score (nSPS) is 18.4. The Balaban J connectivity index is 2.00. The lowest BCUT2D eigenvalue weighted by Gasteiger charge is -2.27. The minimum atomic E-state index is -0.633. The second-order valence-corrected chi connectivity index (χ2v) is 5.04. The molecule has 4 N–H and O–H groups in total. The topological polar surface area (TPSA) is 75.7 Å². The standard InChI is InChI=1S/C14H21NO3/c15-14(9-17,12-5-6-12)10-18-13-4-2-1-3-11(13)7-8-16/h1-4,12,16-17H,5-10,15H2. The average molecular weight is 251 g/mol. The van der Waals surface area contributed by atoms with Gasteiger partial charge in [0, 0.05) is 6.61 Å². The van der Waals surface area contributed by atoms with Crippen molar-refractivity contribution in [3.8, 4) is 5.75 Å². The third-order valence-corrected chi connectivity index (χ3v) is 3.53. The molecule has 0 aromatic heterocycles. The number of rotatable bonds is 7. The Hall–Kier alpha value is -1.10. The molecule has 4 nitrogen and oxygen atoms in total. The number of ether oxygens (including phenoxy) is 1. The molecular formula is C14H21NO3. The molecule has 1 unspecified atom stereocenters. The Morgan fingerprint density at radius 1 is 1.28 bits per heavy atom. The summed E-state index contributed by atoms with van der Waals surface area (Å²) >= 11 is 0. The van der Waals surface area contributed by atoms with Gasteiger partial charge in [-0.25, -0.2) is 0 Å². The molecule has 1 aromatic rings. The van der Waals surface area contributed by atoms with Gasteiger partial charge in [-0.15, -0.1) is 0 Å². The molecule has 2 rings (SSSR count). The van der Waals surface area contributed by atoms with Crippen molar-refractivity contribution in [2.75, 3.05) is 19.8 Å². The van der Waals surface area contributed by atoms with Crippen molar-refractivity contribution in [1.82, 2.24) is 0 Å². The lowest BCUT2D eigenvalue weighted by atomic mass is 9.97. The number of hydrogen-bond acceptors (Lipinski definition) is 4. The fourth-order valence-corrected chi connectivity index (χ4v) is 2.13. The van der Waals surface area contributed by atoms with Crippen LogP contribution in [0.25, 0.3) is 0 Å². The van der Waals surface area contributed by atoms with Gasteiger partial charge in [0.15, 0.2) is 0 Å². The lowest BCUT2D eigenvalue weighted by molar-refractivity contribution is 0.116. The fraction of sp³-hybridized carbons (Fsp3) is 0.571. The fourth-order valence-electron chi connectivity index (χ4n) is 2.13. The summed E-state index contributed by atoms with van der Waals surface area (Å²) in [7, 11) is 0. The first-order chi connectivity index (χ1) is 8.69. The molecule has 1 aliphatic rings. The third-order valence-electron chi connectivity index (χ3n) is 3.53. The second kappa shape index (κ2) is 5.69. The molecule has 0 heterocycles. The summed E-state index contributed by atoms with van der Waals surface area (Å²) < 4.78 is 5.75. The molecule has 1 atom stereocenters. The van der Waals surface area contributed by atoms with Crippen LogP contribution in [0.2, 0.25) is 0 Å². The molecule has 4 heteroatoms. The highest BCUT2D eigenvalue weighted by Gasteiger charge is 2.42. The van der Waals surface area contributed by atoms with E-state index in [0.717, 1.165) is 24.2 Å². The molecule has 0 radical (unpaired) electrons. The zero-order chi connectivity index (χ0) is 13.0. The Bertz CT molecular complexity index is 392. The van der Waals surface area contributed by atoms with E-state index in [1.54, 1.807) is 0 Å². The highest BCUT2D eigenvalue weighted by atomic mass is 16.5. The average Bonchev–Trinajstić information content (AvgIpc) is 3.22. The van der Waals surface area contributed by atoms with Crippen molar-refractivity contribution < 1.29 is 14.9 Å². The maximum absolute atomic E-state index is 9.40. The molecular weight excluding hydrogens is 230 g/mol. The van der Waals surface area contributed by atoms with Gasteiger partial charge in [-0.05, 0) is 36.8 Å². The van der Waals surface area contributed by atoms with Crippen LogP contribution in [0.15, 0.2) is 24.3 Å². The van der Waals surface area contributed by atoms with Crippen molar-refractivity contribution in [3.05, 3.63) is 29.8 Å². The monoisotopic (exact) mass is 251 g/mol. The van der Waals surface area contributed by atoms with Crippen LogP contribution in [0.1, 0.15) is 18.4 Å². The van der Waals surface area contributed by atoms with Gasteiger partial charge < -0.3 is 20.7 Å². The molecule has 0 amide bonds. The Morgan fingerprint density at radius 2 is 2.00 bits per heavy atom. The molecule has 0 saturated heterocycles. The number of hydrogen-bond donors (Lipinski definition) is 3. The van der Waals surface area contributed by atoms with Gasteiger partial charge in [0.2, 0.25) is 0 Å². The van der Waals surface area contributed by atoms with Crippen LogP contribution in [0.3, 0.4) is 0 Å². The molecule has 0 bridgehead atoms. The van der Waals surface area contributed by atoms with E-state index in [1.165, 1.54) is 0 Å². The van der Waals surface area contributed by atoms with Crippen LogP contribution in [0.4, 0.5) is 0 Å². The predicted molar refractivity (Wildman–Crippen MR) is 69.5 cm³/mol. The zero-order valence-electron chi connectivity index (χ0n) is 10.5. The highest BCUT2D eigenvalue weighted by molar-refractivity contribution is 5.33. The van der Waals surface area contributed by atoms with E-state index < -0.39 is 5.54 Å². The highest BCUT2D eigenvalue weighted by Crippen LogP contribution is 2.38. The van der Waals surface area contributed by atoms with Crippen LogP contribution in [-0.2, 0) is 6.42 Å². The van der Waals surface area contributed by atoms with E-state index in [0.29, 0.717) is 18.9 Å². The maximum atomic E-state index is 9.40. The van der Waals surface area contributed by atoms with Gasteiger partial charge in [-0.2, -0.15) is 0 Å². The van der Waals surface area contributed by atoms with Gasteiger partial charge in [-0.3, -0.25) is 0 Å². The van der Waals surface area contributed by atoms with E-state index in [2.05, 4.69) is 0 Å². The van der Waals surface area contributed by atoms with Crippen molar-refractivity contribution in [3.63, 3.8) is 0 Å². The van der Waals surface area contributed by atoms with Gasteiger partial charge >= 0.3 is 0 Å². The van der Waals surface area contributed by atoms with E-state index in [-0.39, 0.29) is 13.2 Å². The third kappa shape index (κ3) is 3.02. The second-order valence-electron chi connectivity index (χ2n) is 5.04. The number of benzene rings is 1. The van der Waals surface area contributed by atoms with Gasteiger partial charge in [-0.1, -0.05) is 18.2 Å². The van der Waals surface area contributed by atoms with Crippen LogP contribution in [0.5, 0.6) is 5.75 Å². The number of aliphatic hydroxyl groups is 2. The molecule has 0 spiro atoms. The van der Waals surface area contributed by atoms with Crippen LogP contribution in [0, 0.1) is 5.92 Å². The molecule has 1 aliphatic carbocycles. The summed E-state index contributed by atoms with van der Waals surface area (Å²) in [6.45, 7) is 0.354. The van der Waals surface area contributed by atoms with Crippen molar-refractivity contribution in [1.29, 1.82) is 0 Å². The molecule has 1 fully saturated rings. The van der Waals surface area contributed by atoms with Gasteiger partial charge in [0.25, 0.3) is 0 Å². The van der Waals surface area contributed by atoms with E-state index in [4.69, 9.17) is 15.6 Å². The summed E-state index contributed by atoms with van der Waals surface area (Å²) in [5.41, 5.74) is 6.49. The number of nitrogens with two attached hydrogens (primary N) is 1. The smallest absolute Gasteiger partial charge is 0.122 e. The van der Waals surface area contributed by atoms with Crippen LogP contribution >= 0.6 is 0 Å². The Morgan fingerprint density at radius 3 is 2.61 bits per heavy atom. The Kier molecular flexibility index (Phi) is 4.22. The number of aliphatic hydroxyl groups excluding tert-OH is 2. The molecule has 1 saturated carbocycles. The van der Waals surface area contributed by atoms with E-state index in [9.17, 15) is 5.11 Å². The van der Waals surface area contributed by atoms with Crippen molar-refractivity contribution in [2.24, 2.45) is 11.7 Å². The van der Waals surface area contributed by atoms with Crippen LogP contribution < -0.4 is 10.5 Å². The maximum Gasteiger partial charge on any atom is 0.122 e. The summed E-state index contributed by atoms with van der Waals surface area (Å²) in [6.07, 6.45) is 2.70. The predicted octanol–water partition coefficient (Wildman–Crippen LogP) is 0.700. The van der Waals surface area contributed by atoms with Gasteiger partial charge in [0.1, 0.15) is 12.4 Å².